The van der Waals surface area contributed by atoms with Crippen molar-refractivity contribution in [1.82, 2.24) is 5.16 Å². The highest BCUT2D eigenvalue weighted by Gasteiger charge is 2.08. The average Bonchev–Trinajstić information content (AvgIpc) is 2.99. The smallest absolute Gasteiger partial charge is 0.404 e. The summed E-state index contributed by atoms with van der Waals surface area (Å²) < 4.78 is 15.2. The van der Waals surface area contributed by atoms with Crippen LogP contribution in [0.5, 0.6) is 5.75 Å². The standard InChI is InChI=1S/C15H18N2O5/c16-15(19)21-10-13-9-14(17-22-13)11-3-5-12(6-4-11)20-8-2-1-7-18/h3-6,9,18H,1-2,7-8,10H2,(H2,16,19). The van der Waals surface area contributed by atoms with Crippen molar-refractivity contribution in [3.05, 3.63) is 36.1 Å². The lowest BCUT2D eigenvalue weighted by atomic mass is 10.1. The van der Waals surface area contributed by atoms with Crippen LogP contribution in [0.2, 0.25) is 0 Å². The first-order valence-electron chi connectivity index (χ1n) is 6.91. The zero-order valence-electron chi connectivity index (χ0n) is 12.0. The molecule has 1 aromatic carbocycles. The summed E-state index contributed by atoms with van der Waals surface area (Å²) >= 11 is 0. The van der Waals surface area contributed by atoms with Crippen molar-refractivity contribution in [2.45, 2.75) is 19.4 Å². The van der Waals surface area contributed by atoms with Gasteiger partial charge in [0.05, 0.1) is 6.61 Å². The summed E-state index contributed by atoms with van der Waals surface area (Å²) in [5.74, 6) is 1.17. The van der Waals surface area contributed by atoms with Gasteiger partial charge in [0.25, 0.3) is 0 Å². The molecule has 0 radical (unpaired) electrons. The molecule has 2 rings (SSSR count). The van der Waals surface area contributed by atoms with Gasteiger partial charge in [-0.05, 0) is 37.1 Å². The molecule has 1 aromatic heterocycles. The fraction of sp³-hybridized carbons (Fsp3) is 0.333. The Hall–Kier alpha value is -2.54. The molecule has 3 N–H and O–H groups in total. The van der Waals surface area contributed by atoms with E-state index >= 15 is 0 Å². The SMILES string of the molecule is NC(=O)OCc1cc(-c2ccc(OCCCCO)cc2)no1. The first-order chi connectivity index (χ1) is 10.7. The van der Waals surface area contributed by atoms with Gasteiger partial charge >= 0.3 is 6.09 Å². The summed E-state index contributed by atoms with van der Waals surface area (Å²) in [4.78, 5) is 10.5. The minimum atomic E-state index is -0.861. The Bertz CT molecular complexity index is 594. The van der Waals surface area contributed by atoms with Gasteiger partial charge in [0.1, 0.15) is 11.4 Å². The van der Waals surface area contributed by atoms with E-state index in [1.54, 1.807) is 6.07 Å². The number of benzene rings is 1. The Morgan fingerprint density at radius 1 is 1.27 bits per heavy atom. The van der Waals surface area contributed by atoms with Crippen LogP contribution in [0.25, 0.3) is 11.3 Å². The fourth-order valence-electron chi connectivity index (χ4n) is 1.79. The predicted molar refractivity (Wildman–Crippen MR) is 78.1 cm³/mol. The van der Waals surface area contributed by atoms with Crippen LogP contribution in [-0.4, -0.2) is 29.6 Å². The Morgan fingerprint density at radius 3 is 2.73 bits per heavy atom. The molecule has 0 aliphatic carbocycles. The van der Waals surface area contributed by atoms with Gasteiger partial charge in [-0.25, -0.2) is 4.79 Å². The van der Waals surface area contributed by atoms with Crippen LogP contribution in [0.1, 0.15) is 18.6 Å². The highest BCUT2D eigenvalue weighted by atomic mass is 16.6. The van der Waals surface area contributed by atoms with Gasteiger partial charge < -0.3 is 24.8 Å². The number of aliphatic hydroxyl groups excluding tert-OH is 1. The number of ether oxygens (including phenoxy) is 2. The lowest BCUT2D eigenvalue weighted by Gasteiger charge is -2.05. The molecule has 0 spiro atoms. The first-order valence-corrected chi connectivity index (χ1v) is 6.91. The summed E-state index contributed by atoms with van der Waals surface area (Å²) in [7, 11) is 0. The number of carbonyl (C=O) groups excluding carboxylic acids is 1. The molecule has 1 heterocycles. The highest BCUT2D eigenvalue weighted by molar-refractivity contribution is 5.64. The van der Waals surface area contributed by atoms with E-state index in [1.807, 2.05) is 24.3 Å². The van der Waals surface area contributed by atoms with Gasteiger partial charge in [-0.3, -0.25) is 0 Å². The summed E-state index contributed by atoms with van der Waals surface area (Å²) in [6, 6.07) is 9.07. The molecule has 0 atom stereocenters. The maximum absolute atomic E-state index is 10.5. The van der Waals surface area contributed by atoms with E-state index < -0.39 is 6.09 Å². The van der Waals surface area contributed by atoms with Crippen molar-refractivity contribution in [3.63, 3.8) is 0 Å². The number of nitrogens with zero attached hydrogens (tertiary/aromatic N) is 1. The van der Waals surface area contributed by atoms with Gasteiger partial charge in [0, 0.05) is 18.2 Å². The van der Waals surface area contributed by atoms with Gasteiger partial charge in [-0.15, -0.1) is 0 Å². The molecule has 2 aromatic rings. The van der Waals surface area contributed by atoms with Gasteiger partial charge in [0.15, 0.2) is 12.4 Å². The molecule has 7 heteroatoms. The number of aliphatic hydroxyl groups is 1. The molecule has 7 nitrogen and oxygen atoms in total. The van der Waals surface area contributed by atoms with Crippen LogP contribution >= 0.6 is 0 Å². The second-order valence-electron chi connectivity index (χ2n) is 4.59. The zero-order valence-corrected chi connectivity index (χ0v) is 12.0. The Kier molecular flexibility index (Phi) is 5.79. The Labute approximate surface area is 127 Å². The number of primary amides is 1. The lowest BCUT2D eigenvalue weighted by molar-refractivity contribution is 0.137. The Balaban J connectivity index is 1.91. The normalized spacial score (nSPS) is 10.4. The third-order valence-electron chi connectivity index (χ3n) is 2.89. The predicted octanol–water partition coefficient (Wildman–Crippen LogP) is 2.09. The van der Waals surface area contributed by atoms with E-state index in [9.17, 15) is 4.79 Å². The zero-order chi connectivity index (χ0) is 15.8. The van der Waals surface area contributed by atoms with E-state index in [0.29, 0.717) is 18.1 Å². The maximum Gasteiger partial charge on any atom is 0.404 e. The molecule has 0 aliphatic rings. The second-order valence-corrected chi connectivity index (χ2v) is 4.59. The van der Waals surface area contributed by atoms with Crippen LogP contribution in [0.15, 0.2) is 34.9 Å². The minimum Gasteiger partial charge on any atom is -0.494 e. The largest absolute Gasteiger partial charge is 0.494 e. The molecule has 0 unspecified atom stereocenters. The molecular weight excluding hydrogens is 288 g/mol. The topological polar surface area (TPSA) is 108 Å². The van der Waals surface area contributed by atoms with E-state index in [1.165, 1.54) is 0 Å². The van der Waals surface area contributed by atoms with Crippen LogP contribution in [0.3, 0.4) is 0 Å². The Morgan fingerprint density at radius 2 is 2.05 bits per heavy atom. The molecule has 118 valence electrons. The van der Waals surface area contributed by atoms with Gasteiger partial charge in [-0.1, -0.05) is 5.16 Å². The highest BCUT2D eigenvalue weighted by Crippen LogP contribution is 2.22. The molecule has 22 heavy (non-hydrogen) atoms. The summed E-state index contributed by atoms with van der Waals surface area (Å²) in [5.41, 5.74) is 6.38. The van der Waals surface area contributed by atoms with Crippen molar-refractivity contribution >= 4 is 6.09 Å². The number of hydrogen-bond acceptors (Lipinski definition) is 6. The number of rotatable bonds is 8. The lowest BCUT2D eigenvalue weighted by Crippen LogP contribution is -2.12. The molecule has 0 bridgehead atoms. The average molecular weight is 306 g/mol. The number of carbonyl (C=O) groups is 1. The van der Waals surface area contributed by atoms with E-state index in [-0.39, 0.29) is 13.2 Å². The number of hydrogen-bond donors (Lipinski definition) is 2. The van der Waals surface area contributed by atoms with Gasteiger partial charge in [-0.2, -0.15) is 0 Å². The molecule has 0 saturated carbocycles. The number of unbranched alkanes of at least 4 members (excludes halogenated alkanes) is 1. The van der Waals surface area contributed by atoms with Gasteiger partial charge in [0.2, 0.25) is 0 Å². The molecule has 0 fully saturated rings. The van der Waals surface area contributed by atoms with Crippen LogP contribution in [0.4, 0.5) is 4.79 Å². The van der Waals surface area contributed by atoms with Crippen LogP contribution in [0, 0.1) is 0 Å². The number of amides is 1. The monoisotopic (exact) mass is 306 g/mol. The maximum atomic E-state index is 10.5. The van der Waals surface area contributed by atoms with Crippen molar-refractivity contribution in [3.8, 4) is 17.0 Å². The first kappa shape index (κ1) is 15.8. The quantitative estimate of drug-likeness (QED) is 0.723. The molecular formula is C15H18N2O5. The summed E-state index contributed by atoms with van der Waals surface area (Å²) in [6.07, 6.45) is 0.679. The van der Waals surface area contributed by atoms with E-state index in [2.05, 4.69) is 9.89 Å². The van der Waals surface area contributed by atoms with Crippen LogP contribution in [-0.2, 0) is 11.3 Å². The third kappa shape index (κ3) is 4.78. The number of aromatic nitrogens is 1. The third-order valence-corrected chi connectivity index (χ3v) is 2.89. The number of nitrogens with two attached hydrogens (primary N) is 1. The molecule has 0 aliphatic heterocycles. The van der Waals surface area contributed by atoms with Crippen molar-refractivity contribution in [1.29, 1.82) is 0 Å². The van der Waals surface area contributed by atoms with Crippen molar-refractivity contribution in [2.75, 3.05) is 13.2 Å². The second kappa shape index (κ2) is 8.04. The summed E-state index contributed by atoms with van der Waals surface area (Å²) in [5, 5.41) is 12.6. The summed E-state index contributed by atoms with van der Waals surface area (Å²) in [6.45, 7) is 0.698. The fourth-order valence-corrected chi connectivity index (χ4v) is 1.79. The molecule has 0 saturated heterocycles. The van der Waals surface area contributed by atoms with Crippen molar-refractivity contribution in [2.24, 2.45) is 5.73 Å². The van der Waals surface area contributed by atoms with E-state index in [4.69, 9.17) is 20.1 Å². The van der Waals surface area contributed by atoms with Crippen molar-refractivity contribution < 1.29 is 23.9 Å². The minimum absolute atomic E-state index is 0.0472. The van der Waals surface area contributed by atoms with E-state index in [0.717, 1.165) is 24.2 Å². The van der Waals surface area contributed by atoms with Crippen LogP contribution < -0.4 is 10.5 Å². The molecule has 1 amide bonds.